The summed E-state index contributed by atoms with van der Waals surface area (Å²) in [4.78, 5) is 29.1. The minimum Gasteiger partial charge on any atom is -0.369 e. The summed E-state index contributed by atoms with van der Waals surface area (Å²) in [7, 11) is 0. The largest absolute Gasteiger partial charge is 0.369 e. The van der Waals surface area contributed by atoms with Crippen molar-refractivity contribution in [3.63, 3.8) is 0 Å². The van der Waals surface area contributed by atoms with Gasteiger partial charge in [-0.3, -0.25) is 9.20 Å². The van der Waals surface area contributed by atoms with Crippen LogP contribution >= 0.6 is 11.6 Å². The third-order valence-corrected chi connectivity index (χ3v) is 5.48. The van der Waals surface area contributed by atoms with E-state index in [1.165, 1.54) is 4.40 Å². The van der Waals surface area contributed by atoms with Crippen LogP contribution in [0.4, 0.5) is 5.69 Å². The monoisotopic (exact) mass is 411 g/mol. The first-order valence-corrected chi connectivity index (χ1v) is 9.34. The first-order chi connectivity index (χ1) is 14.0. The van der Waals surface area contributed by atoms with E-state index in [1.54, 1.807) is 24.4 Å². The van der Waals surface area contributed by atoms with E-state index >= 15 is 0 Å². The Labute approximate surface area is 170 Å². The number of nitrogens with zero attached hydrogens (tertiary/aromatic N) is 3. The molecule has 0 atom stereocenters. The predicted molar refractivity (Wildman–Crippen MR) is 109 cm³/mol. The van der Waals surface area contributed by atoms with E-state index in [4.69, 9.17) is 23.3 Å². The molecular formula is C20H18ClN5O3. The Kier molecular flexibility index (Phi) is 4.81. The summed E-state index contributed by atoms with van der Waals surface area (Å²) in [5.41, 5.74) is 4.34. The molecule has 148 valence electrons. The molecule has 0 saturated heterocycles. The molecule has 0 amide bonds. The maximum atomic E-state index is 12.8. The number of benzene rings is 1. The lowest BCUT2D eigenvalue weighted by molar-refractivity contribution is 0.0501. The first-order valence-electron chi connectivity index (χ1n) is 8.97. The van der Waals surface area contributed by atoms with Crippen molar-refractivity contribution >= 4 is 28.8 Å². The molecule has 8 nitrogen and oxygen atoms in total. The van der Waals surface area contributed by atoms with Crippen LogP contribution in [-0.4, -0.2) is 10.4 Å². The maximum Gasteiger partial charge on any atom is 0.362 e. The summed E-state index contributed by atoms with van der Waals surface area (Å²) in [6, 6.07) is 8.79. The summed E-state index contributed by atoms with van der Waals surface area (Å²) in [6.45, 7) is 1.94. The molecule has 29 heavy (non-hydrogen) atoms. The molecule has 1 saturated carbocycles. The predicted octanol–water partition coefficient (Wildman–Crippen LogP) is 3.79. The summed E-state index contributed by atoms with van der Waals surface area (Å²) < 4.78 is 1.48. The highest BCUT2D eigenvalue weighted by Gasteiger charge is 2.29. The van der Waals surface area contributed by atoms with Crippen molar-refractivity contribution in [1.82, 2.24) is 4.40 Å². The van der Waals surface area contributed by atoms with Crippen molar-refractivity contribution in [1.29, 1.82) is 0 Å². The molecule has 1 aromatic carbocycles. The summed E-state index contributed by atoms with van der Waals surface area (Å²) in [5, 5.41) is 7.45. The molecule has 4 N–H and O–H groups in total. The van der Waals surface area contributed by atoms with E-state index in [1.807, 2.05) is 19.1 Å². The molecule has 0 spiro atoms. The van der Waals surface area contributed by atoms with Gasteiger partial charge in [0.15, 0.2) is 0 Å². The van der Waals surface area contributed by atoms with Gasteiger partial charge in [-0.1, -0.05) is 22.9 Å². The number of carbonyl (C=O) groups excluding carboxylic acids is 1. The number of halogens is 1. The van der Waals surface area contributed by atoms with Crippen molar-refractivity contribution < 1.29 is 9.63 Å². The number of hydrogen-bond acceptors (Lipinski definition) is 6. The highest BCUT2D eigenvalue weighted by molar-refractivity contribution is 6.33. The van der Waals surface area contributed by atoms with Crippen LogP contribution in [-0.2, 0) is 4.84 Å². The lowest BCUT2D eigenvalue weighted by atomic mass is 9.96. The number of aryl methyl sites for hydroxylation is 1. The Hall–Kier alpha value is -3.23. The second kappa shape index (κ2) is 7.31. The van der Waals surface area contributed by atoms with E-state index in [9.17, 15) is 9.59 Å². The van der Waals surface area contributed by atoms with Crippen LogP contribution in [0.15, 0.2) is 51.7 Å². The van der Waals surface area contributed by atoms with Gasteiger partial charge in [-0.05, 0) is 72.2 Å². The summed E-state index contributed by atoms with van der Waals surface area (Å²) >= 11 is 6.29. The van der Waals surface area contributed by atoms with Crippen LogP contribution < -0.4 is 17.3 Å². The van der Waals surface area contributed by atoms with Crippen molar-refractivity contribution in [2.24, 2.45) is 22.1 Å². The number of hydrogen-bond donors (Lipinski definition) is 2. The molecule has 2 heterocycles. The Morgan fingerprint density at radius 3 is 2.66 bits per heavy atom. The van der Waals surface area contributed by atoms with Crippen molar-refractivity contribution in [3.05, 3.63) is 68.6 Å². The highest BCUT2D eigenvalue weighted by Crippen LogP contribution is 2.43. The van der Waals surface area contributed by atoms with E-state index in [-0.39, 0.29) is 5.56 Å². The van der Waals surface area contributed by atoms with Crippen LogP contribution in [0, 0.1) is 6.92 Å². The Balaban J connectivity index is 1.97. The average Bonchev–Trinajstić information content (AvgIpc) is 3.55. The number of carbonyl (C=O) groups is 1. The van der Waals surface area contributed by atoms with Gasteiger partial charge < -0.3 is 10.7 Å². The minimum absolute atomic E-state index is 0.0707. The fourth-order valence-electron chi connectivity index (χ4n) is 3.64. The van der Waals surface area contributed by atoms with Crippen LogP contribution in [0.2, 0.25) is 5.02 Å². The Morgan fingerprint density at radius 1 is 1.28 bits per heavy atom. The SMILES string of the molecule is Cc1c(-c2ccc(N=NN)c(Cl)c2)ccn2c(=O)c(C(=O)ON)cc(C3CC3)c12. The number of fused-ring (bicyclic) bond motifs is 1. The molecule has 1 aliphatic carbocycles. The van der Waals surface area contributed by atoms with Crippen LogP contribution in [0.1, 0.15) is 40.2 Å². The van der Waals surface area contributed by atoms with Crippen molar-refractivity contribution in [2.45, 2.75) is 25.7 Å². The van der Waals surface area contributed by atoms with Gasteiger partial charge in [0.25, 0.3) is 5.56 Å². The molecule has 0 aliphatic heterocycles. The summed E-state index contributed by atoms with van der Waals surface area (Å²) in [5.74, 6) is 9.55. The molecular weight excluding hydrogens is 394 g/mol. The van der Waals surface area contributed by atoms with Crippen molar-refractivity contribution in [2.75, 3.05) is 0 Å². The van der Waals surface area contributed by atoms with E-state index in [2.05, 4.69) is 15.2 Å². The zero-order valence-corrected chi connectivity index (χ0v) is 16.3. The average molecular weight is 412 g/mol. The third kappa shape index (κ3) is 3.26. The van der Waals surface area contributed by atoms with Crippen LogP contribution in [0.3, 0.4) is 0 Å². The van der Waals surface area contributed by atoms with Gasteiger partial charge >= 0.3 is 5.97 Å². The second-order valence-electron chi connectivity index (χ2n) is 6.95. The maximum absolute atomic E-state index is 12.8. The van der Waals surface area contributed by atoms with E-state index in [0.717, 1.165) is 40.6 Å². The molecule has 0 unspecified atom stereocenters. The van der Waals surface area contributed by atoms with Gasteiger partial charge in [-0.15, -0.1) is 5.11 Å². The fourth-order valence-corrected chi connectivity index (χ4v) is 3.86. The van der Waals surface area contributed by atoms with Gasteiger partial charge in [0.1, 0.15) is 11.3 Å². The minimum atomic E-state index is -0.843. The van der Waals surface area contributed by atoms with Crippen molar-refractivity contribution in [3.8, 4) is 11.1 Å². The van der Waals surface area contributed by atoms with Gasteiger partial charge in [-0.2, -0.15) is 5.90 Å². The number of pyridine rings is 2. The normalized spacial score (nSPS) is 13.9. The third-order valence-electron chi connectivity index (χ3n) is 5.18. The van der Waals surface area contributed by atoms with Gasteiger partial charge in [0.05, 0.1) is 10.5 Å². The van der Waals surface area contributed by atoms with E-state index in [0.29, 0.717) is 16.6 Å². The molecule has 1 fully saturated rings. The lowest BCUT2D eigenvalue weighted by Gasteiger charge is -2.16. The smallest absolute Gasteiger partial charge is 0.362 e. The standard InChI is InChI=1S/C20H18ClN5O3/c1-10-13(12-4-5-17(24-25-22)16(21)8-12)6-7-26-18(10)14(11-2-3-11)9-15(19(26)27)20(28)29-23/h4-9,11H,2-3,23H2,1H3,(H2,22,24). The summed E-state index contributed by atoms with van der Waals surface area (Å²) in [6.07, 6.45) is 3.65. The molecule has 0 bridgehead atoms. The highest BCUT2D eigenvalue weighted by atomic mass is 35.5. The lowest BCUT2D eigenvalue weighted by Crippen LogP contribution is -2.26. The van der Waals surface area contributed by atoms with Crippen LogP contribution in [0.25, 0.3) is 16.6 Å². The molecule has 3 aromatic rings. The molecule has 1 aliphatic rings. The van der Waals surface area contributed by atoms with E-state index < -0.39 is 11.5 Å². The van der Waals surface area contributed by atoms with Gasteiger partial charge in [-0.25, -0.2) is 4.79 Å². The molecule has 2 aromatic heterocycles. The number of aromatic nitrogens is 1. The molecule has 9 heteroatoms. The first kappa shape index (κ1) is 19.1. The Bertz CT molecular complexity index is 1230. The van der Waals surface area contributed by atoms with Gasteiger partial charge in [0.2, 0.25) is 0 Å². The number of rotatable bonds is 4. The second-order valence-corrected chi connectivity index (χ2v) is 7.36. The fraction of sp³-hybridized carbons (Fsp3) is 0.200. The van der Waals surface area contributed by atoms with Crippen LogP contribution in [0.5, 0.6) is 0 Å². The zero-order chi connectivity index (χ0) is 20.7. The zero-order valence-electron chi connectivity index (χ0n) is 15.6. The Morgan fingerprint density at radius 2 is 2.03 bits per heavy atom. The number of nitrogens with two attached hydrogens (primary N) is 2. The molecule has 0 radical (unpaired) electrons. The topological polar surface area (TPSA) is 125 Å². The quantitative estimate of drug-likeness (QED) is 0.384. The van der Waals surface area contributed by atoms with Gasteiger partial charge in [0, 0.05) is 6.20 Å². The molecule has 4 rings (SSSR count).